The molecule has 0 radical (unpaired) electrons. The Morgan fingerprint density at radius 2 is 1.31 bits per heavy atom. The Bertz CT molecular complexity index is 2750. The quantitative estimate of drug-likeness (QED) is 0.0780. The van der Waals surface area contributed by atoms with Crippen molar-refractivity contribution in [1.82, 2.24) is 4.90 Å². The second-order valence-electron chi connectivity index (χ2n) is 20.3. The summed E-state index contributed by atoms with van der Waals surface area (Å²) >= 11 is 0. The smallest absolute Gasteiger partial charge is 0.264 e. The van der Waals surface area contributed by atoms with Gasteiger partial charge in [-0.3, -0.25) is 19.2 Å². The number of hydrogen-bond acceptors (Lipinski definition) is 17. The zero-order chi connectivity index (χ0) is 53.1. The molecular weight excluding hydrogens is 981 g/mol. The van der Waals surface area contributed by atoms with Crippen LogP contribution in [0.1, 0.15) is 35.6 Å². The number of amides is 4. The third kappa shape index (κ3) is 9.41. The second kappa shape index (κ2) is 20.8. The lowest BCUT2D eigenvalue weighted by atomic mass is 9.82. The molecule has 4 amide bonds. The highest BCUT2D eigenvalue weighted by atomic mass is 28.3. The van der Waals surface area contributed by atoms with Gasteiger partial charge in [0.15, 0.2) is 30.4 Å². The van der Waals surface area contributed by atoms with E-state index < -0.39 is 116 Å². The number of methoxy groups -OCH3 is 1. The molecule has 5 heterocycles. The minimum atomic E-state index is -2.84. The van der Waals surface area contributed by atoms with E-state index in [0.29, 0.717) is 29.0 Å². The zero-order valence-electron chi connectivity index (χ0n) is 41.0. The summed E-state index contributed by atoms with van der Waals surface area (Å²) in [7, 11) is -1.27. The van der Waals surface area contributed by atoms with Crippen LogP contribution in [0.3, 0.4) is 0 Å². The Kier molecular flexibility index (Phi) is 14.9. The number of carbonyl (C=O) groups is 4. The average Bonchev–Trinajstić information content (AvgIpc) is 3.82. The lowest BCUT2D eigenvalue weighted by Crippen LogP contribution is -2.60. The predicted octanol–water partition coefficient (Wildman–Crippen LogP) is -0.729. The number of anilines is 3. The van der Waals surface area contributed by atoms with E-state index in [1.165, 1.54) is 23.1 Å². The van der Waals surface area contributed by atoms with Crippen LogP contribution in [0.25, 0.3) is 0 Å². The Balaban J connectivity index is 1.08. The molecule has 15 atom stereocenters. The monoisotopic (exact) mass is 1040 g/mol. The molecule has 4 aromatic rings. The third-order valence-corrected chi connectivity index (χ3v) is 20.0. The van der Waals surface area contributed by atoms with Gasteiger partial charge in [0.05, 0.1) is 52.6 Å². The summed E-state index contributed by atoms with van der Waals surface area (Å²) in [5.41, 5.74) is 1.43. The largest absolute Gasteiger partial charge is 0.497 e. The first kappa shape index (κ1) is 53.1. The van der Waals surface area contributed by atoms with Gasteiger partial charge in [-0.05, 0) is 71.1 Å². The van der Waals surface area contributed by atoms with Gasteiger partial charge in [0.2, 0.25) is 5.91 Å². The Morgan fingerprint density at radius 3 is 1.89 bits per heavy atom. The molecule has 1 spiro atoms. The molecular formula is C52H62N4O17Si. The van der Waals surface area contributed by atoms with Crippen molar-refractivity contribution in [2.75, 3.05) is 29.3 Å². The van der Waals surface area contributed by atoms with Gasteiger partial charge >= 0.3 is 0 Å². The number of fused-ring (bicyclic) bond motifs is 3. The highest BCUT2D eigenvalue weighted by Crippen LogP contribution is 2.60. The van der Waals surface area contributed by atoms with Gasteiger partial charge in [-0.2, -0.15) is 0 Å². The van der Waals surface area contributed by atoms with E-state index in [-0.39, 0.29) is 43.4 Å². The molecule has 0 bridgehead atoms. The SMILES string of the molecule is COc1ccc([Si](C)(C)[C@@H]2[C@@H](CC(=O)N3Cc4ccccc4C[C@H]3CO)O[C@]3(C(=O)N(Cc4ccc(NC(=O)[C@H]5O[C@@H](O)[C@H](O)[C@@H](O)[C@@H]5O)cc4)c4ccc(NC(=O)[C@H]5O[C@@H](O)[C@H](O)[C@@H](O)[C@@H]5O)cc43)[C@H]2C)cc1. The number of hydrogen-bond donors (Lipinski definition) is 11. The second-order valence-corrected chi connectivity index (χ2v) is 25.0. The van der Waals surface area contributed by atoms with Gasteiger partial charge in [0.1, 0.15) is 42.4 Å². The van der Waals surface area contributed by atoms with Crippen LogP contribution in [0, 0.1) is 5.92 Å². The predicted molar refractivity (Wildman–Crippen MR) is 265 cm³/mol. The van der Waals surface area contributed by atoms with E-state index in [0.717, 1.165) is 16.3 Å². The molecule has 0 saturated carbocycles. The topological polar surface area (TPSA) is 318 Å². The van der Waals surface area contributed by atoms with Gasteiger partial charge in [-0.1, -0.05) is 73.7 Å². The summed E-state index contributed by atoms with van der Waals surface area (Å²) in [6, 6.07) is 26.0. The number of aliphatic hydroxyl groups excluding tert-OH is 9. The molecule has 3 fully saturated rings. The number of rotatable bonds is 12. The molecule has 11 N–H and O–H groups in total. The number of carbonyl (C=O) groups excluding carboxylic acids is 4. The number of nitrogens with one attached hydrogen (secondary N) is 2. The van der Waals surface area contributed by atoms with Crippen LogP contribution >= 0.6 is 0 Å². The van der Waals surface area contributed by atoms with E-state index in [2.05, 4.69) is 23.7 Å². The Morgan fingerprint density at radius 1 is 0.743 bits per heavy atom. The number of aliphatic hydroxyl groups is 9. The molecule has 74 heavy (non-hydrogen) atoms. The Hall–Kier alpha value is -5.70. The normalized spacial score (nSPS) is 32.7. The van der Waals surface area contributed by atoms with Crippen LogP contribution in [0.5, 0.6) is 5.75 Å². The molecule has 9 rings (SSSR count). The molecule has 0 unspecified atom stereocenters. The lowest BCUT2D eigenvalue weighted by molar-refractivity contribution is -0.274. The molecule has 5 aliphatic rings. The van der Waals surface area contributed by atoms with Gasteiger partial charge in [0.25, 0.3) is 17.7 Å². The van der Waals surface area contributed by atoms with Crippen molar-refractivity contribution < 1.29 is 84.1 Å². The maximum atomic E-state index is 15.8. The fourth-order valence-electron chi connectivity index (χ4n) is 11.5. The van der Waals surface area contributed by atoms with Crippen molar-refractivity contribution in [3.8, 4) is 5.75 Å². The van der Waals surface area contributed by atoms with Gasteiger partial charge in [-0.25, -0.2) is 0 Å². The summed E-state index contributed by atoms with van der Waals surface area (Å²) in [5, 5.41) is 98.6. The maximum absolute atomic E-state index is 15.8. The summed E-state index contributed by atoms with van der Waals surface area (Å²) in [5.74, 6) is -2.65. The van der Waals surface area contributed by atoms with Crippen molar-refractivity contribution in [2.24, 2.45) is 5.92 Å². The molecule has 5 aliphatic heterocycles. The van der Waals surface area contributed by atoms with Crippen molar-refractivity contribution in [1.29, 1.82) is 0 Å². The van der Waals surface area contributed by atoms with E-state index in [4.69, 9.17) is 18.9 Å². The molecule has 0 aromatic heterocycles. The molecule has 21 nitrogen and oxygen atoms in total. The third-order valence-electron chi connectivity index (χ3n) is 15.6. The number of benzene rings is 4. The van der Waals surface area contributed by atoms with Crippen LogP contribution in [0.15, 0.2) is 91.0 Å². The first-order valence-corrected chi connectivity index (χ1v) is 27.5. The van der Waals surface area contributed by atoms with Crippen LogP contribution in [0.2, 0.25) is 18.6 Å². The highest BCUT2D eigenvalue weighted by molar-refractivity contribution is 6.91. The first-order valence-electron chi connectivity index (χ1n) is 24.4. The van der Waals surface area contributed by atoms with Crippen LogP contribution in [-0.4, -0.2) is 170 Å². The summed E-state index contributed by atoms with van der Waals surface area (Å²) in [6.07, 6.45) is -19.3. The van der Waals surface area contributed by atoms with Crippen molar-refractivity contribution >= 4 is 54.0 Å². The fraction of sp³-hybridized carbons (Fsp3) is 0.462. The first-order chi connectivity index (χ1) is 35.2. The van der Waals surface area contributed by atoms with E-state index in [1.807, 2.05) is 55.5 Å². The van der Waals surface area contributed by atoms with Gasteiger partial charge in [0, 0.05) is 29.4 Å². The minimum Gasteiger partial charge on any atom is -0.497 e. The molecule has 0 aliphatic carbocycles. The molecule has 22 heteroatoms. The standard InChI is InChI=1S/C52H62N4O17Si/c1-25-46(74(3,4)33-16-14-32(70-2)15-17-33)36(21-37(58)55-23-28-8-6-5-7-27(28)19-31(55)24-57)73-52(25)34-20-30(54-48(66)45-41(62)39(60)43(64)50(68)72-45)13-18-35(34)56(51(52)69)22-26-9-11-29(12-10-26)53-47(65)44-40(61)38(59)42(63)49(67)71-44/h5-18,20,25,31,36,38-46,49-50,57,59-64,67-68H,19,21-24H2,1-4H3,(H,53,65)(H,54,66)/t25-,31-,36+,38-,39-,40-,41-,42+,43+,44-,45-,46-,49+,50+,52+/m0/s1. The molecule has 396 valence electrons. The average molecular weight is 1040 g/mol. The maximum Gasteiger partial charge on any atom is 0.264 e. The van der Waals surface area contributed by atoms with Gasteiger partial charge < -0.3 is 85.3 Å². The highest BCUT2D eigenvalue weighted by Gasteiger charge is 2.67. The van der Waals surface area contributed by atoms with E-state index in [1.54, 1.807) is 36.3 Å². The van der Waals surface area contributed by atoms with Crippen LogP contribution in [0.4, 0.5) is 17.1 Å². The van der Waals surface area contributed by atoms with E-state index >= 15 is 4.79 Å². The molecule has 4 aromatic carbocycles. The number of nitrogens with zero attached hydrogens (tertiary/aromatic N) is 2. The fourth-order valence-corrected chi connectivity index (χ4v) is 15.5. The summed E-state index contributed by atoms with van der Waals surface area (Å²) in [6.45, 7) is 6.16. The van der Waals surface area contributed by atoms with Crippen molar-refractivity contribution in [2.45, 2.75) is 131 Å². The van der Waals surface area contributed by atoms with E-state index in [9.17, 15) is 60.3 Å². The Labute approximate surface area is 426 Å². The van der Waals surface area contributed by atoms with Crippen LogP contribution < -0.4 is 25.5 Å². The number of ether oxygens (including phenoxy) is 4. The summed E-state index contributed by atoms with van der Waals surface area (Å²) in [4.78, 5) is 60.7. The van der Waals surface area contributed by atoms with Crippen LogP contribution in [-0.2, 0) is 58.5 Å². The van der Waals surface area contributed by atoms with Gasteiger partial charge in [-0.15, -0.1) is 0 Å². The molecule has 3 saturated heterocycles. The van der Waals surface area contributed by atoms with Crippen molar-refractivity contribution in [3.63, 3.8) is 0 Å². The zero-order valence-corrected chi connectivity index (χ0v) is 42.0. The minimum absolute atomic E-state index is 0.0521. The summed E-state index contributed by atoms with van der Waals surface area (Å²) < 4.78 is 23.1. The lowest BCUT2D eigenvalue weighted by Gasteiger charge is -2.39. The van der Waals surface area contributed by atoms with Crippen molar-refractivity contribution in [3.05, 3.63) is 113 Å².